The Morgan fingerprint density at radius 1 is 1.40 bits per heavy atom. The molecule has 15 heavy (non-hydrogen) atoms. The number of hydrogen-bond donors (Lipinski definition) is 1. The molecule has 1 heterocycles. The van der Waals surface area contributed by atoms with Crippen molar-refractivity contribution in [3.63, 3.8) is 0 Å². The first-order chi connectivity index (χ1) is 7.24. The minimum absolute atomic E-state index is 0.438. The van der Waals surface area contributed by atoms with Crippen LogP contribution in [0.1, 0.15) is 32.1 Å². The van der Waals surface area contributed by atoms with E-state index in [9.17, 15) is 0 Å². The summed E-state index contributed by atoms with van der Waals surface area (Å²) in [5.41, 5.74) is 6.31. The van der Waals surface area contributed by atoms with Gasteiger partial charge >= 0.3 is 0 Å². The van der Waals surface area contributed by atoms with Gasteiger partial charge in [-0.1, -0.05) is 6.42 Å². The summed E-state index contributed by atoms with van der Waals surface area (Å²) in [5, 5.41) is 0. The lowest BCUT2D eigenvalue weighted by Gasteiger charge is -2.43. The summed E-state index contributed by atoms with van der Waals surface area (Å²) in [7, 11) is 2.21. The first-order valence-electron chi connectivity index (χ1n) is 6.24. The zero-order valence-corrected chi connectivity index (χ0v) is 9.87. The Balaban J connectivity index is 1.73. The SMILES string of the molecule is CN(CC1CCCO1)CC1(CN)CCC1. The van der Waals surface area contributed by atoms with E-state index in [0.717, 1.165) is 26.2 Å². The van der Waals surface area contributed by atoms with Crippen molar-refractivity contribution in [3.05, 3.63) is 0 Å². The maximum atomic E-state index is 5.87. The van der Waals surface area contributed by atoms with Crippen LogP contribution < -0.4 is 5.73 Å². The van der Waals surface area contributed by atoms with Crippen molar-refractivity contribution in [1.29, 1.82) is 0 Å². The van der Waals surface area contributed by atoms with Gasteiger partial charge in [-0.3, -0.25) is 0 Å². The Kier molecular flexibility index (Phi) is 3.65. The summed E-state index contributed by atoms with van der Waals surface area (Å²) in [6.45, 7) is 4.05. The number of hydrogen-bond acceptors (Lipinski definition) is 3. The molecule has 1 saturated heterocycles. The second kappa shape index (κ2) is 4.81. The highest BCUT2D eigenvalue weighted by molar-refractivity contribution is 4.91. The fraction of sp³-hybridized carbons (Fsp3) is 1.00. The zero-order valence-electron chi connectivity index (χ0n) is 9.87. The first kappa shape index (κ1) is 11.4. The molecule has 0 amide bonds. The Morgan fingerprint density at radius 2 is 2.20 bits per heavy atom. The van der Waals surface area contributed by atoms with Gasteiger partial charge in [0.2, 0.25) is 0 Å². The third-order valence-corrected chi connectivity index (χ3v) is 3.99. The summed E-state index contributed by atoms with van der Waals surface area (Å²) in [6, 6.07) is 0. The number of nitrogens with zero attached hydrogens (tertiary/aromatic N) is 1. The fourth-order valence-electron chi connectivity index (χ4n) is 2.88. The number of rotatable bonds is 5. The largest absolute Gasteiger partial charge is 0.377 e. The molecule has 0 bridgehead atoms. The summed E-state index contributed by atoms with van der Waals surface area (Å²) in [4.78, 5) is 2.42. The highest BCUT2D eigenvalue weighted by atomic mass is 16.5. The Bertz CT molecular complexity index is 192. The molecular formula is C12H24N2O. The molecule has 3 heteroatoms. The van der Waals surface area contributed by atoms with Crippen LogP contribution in [0.4, 0.5) is 0 Å². The quantitative estimate of drug-likeness (QED) is 0.745. The maximum Gasteiger partial charge on any atom is 0.0702 e. The molecule has 0 aromatic heterocycles. The van der Waals surface area contributed by atoms with Crippen molar-refractivity contribution in [2.45, 2.75) is 38.2 Å². The standard InChI is InChI=1S/C12H24N2O/c1-14(8-11-4-2-7-15-11)10-12(9-13)5-3-6-12/h11H,2-10,13H2,1H3. The minimum Gasteiger partial charge on any atom is -0.377 e. The summed E-state index contributed by atoms with van der Waals surface area (Å²) < 4.78 is 5.65. The normalized spacial score (nSPS) is 29.4. The summed E-state index contributed by atoms with van der Waals surface area (Å²) in [5.74, 6) is 0. The molecule has 3 nitrogen and oxygen atoms in total. The lowest BCUT2D eigenvalue weighted by molar-refractivity contribution is 0.0423. The van der Waals surface area contributed by atoms with Crippen molar-refractivity contribution in [2.75, 3.05) is 33.3 Å². The molecule has 1 aliphatic heterocycles. The van der Waals surface area contributed by atoms with E-state index in [2.05, 4.69) is 11.9 Å². The van der Waals surface area contributed by atoms with E-state index in [0.29, 0.717) is 11.5 Å². The lowest BCUT2D eigenvalue weighted by Crippen LogP contribution is -2.47. The highest BCUT2D eigenvalue weighted by Gasteiger charge is 2.36. The molecule has 1 unspecified atom stereocenters. The van der Waals surface area contributed by atoms with Crippen molar-refractivity contribution in [2.24, 2.45) is 11.1 Å². The molecule has 2 rings (SSSR count). The van der Waals surface area contributed by atoms with E-state index in [-0.39, 0.29) is 0 Å². The molecule has 88 valence electrons. The zero-order chi connectivity index (χ0) is 10.7. The molecule has 0 aromatic rings. The summed E-state index contributed by atoms with van der Waals surface area (Å²) >= 11 is 0. The predicted molar refractivity (Wildman–Crippen MR) is 61.8 cm³/mol. The third kappa shape index (κ3) is 2.71. The Labute approximate surface area is 93.0 Å². The van der Waals surface area contributed by atoms with Crippen molar-refractivity contribution >= 4 is 0 Å². The third-order valence-electron chi connectivity index (χ3n) is 3.99. The average molecular weight is 212 g/mol. The van der Waals surface area contributed by atoms with Crippen LogP contribution in [0.5, 0.6) is 0 Å². The number of ether oxygens (including phenoxy) is 1. The van der Waals surface area contributed by atoms with Crippen molar-refractivity contribution < 1.29 is 4.74 Å². The molecular weight excluding hydrogens is 188 g/mol. The summed E-state index contributed by atoms with van der Waals surface area (Å²) in [6.07, 6.45) is 6.95. The van der Waals surface area contributed by atoms with Crippen LogP contribution in [0, 0.1) is 5.41 Å². The monoisotopic (exact) mass is 212 g/mol. The van der Waals surface area contributed by atoms with E-state index in [1.165, 1.54) is 32.1 Å². The molecule has 1 aliphatic carbocycles. The van der Waals surface area contributed by atoms with Crippen molar-refractivity contribution in [1.82, 2.24) is 4.90 Å². The van der Waals surface area contributed by atoms with Gasteiger partial charge in [-0.25, -0.2) is 0 Å². The second-order valence-electron chi connectivity index (χ2n) is 5.39. The first-order valence-corrected chi connectivity index (χ1v) is 6.24. The maximum absolute atomic E-state index is 5.87. The van der Waals surface area contributed by atoms with E-state index in [1.54, 1.807) is 0 Å². The van der Waals surface area contributed by atoms with E-state index < -0.39 is 0 Å². The van der Waals surface area contributed by atoms with Gasteiger partial charge in [-0.2, -0.15) is 0 Å². The smallest absolute Gasteiger partial charge is 0.0702 e. The van der Waals surface area contributed by atoms with Gasteiger partial charge in [0.15, 0.2) is 0 Å². The predicted octanol–water partition coefficient (Wildman–Crippen LogP) is 1.23. The lowest BCUT2D eigenvalue weighted by atomic mass is 9.68. The Morgan fingerprint density at radius 3 is 2.67 bits per heavy atom. The van der Waals surface area contributed by atoms with Gasteiger partial charge in [-0.05, 0) is 44.7 Å². The second-order valence-corrected chi connectivity index (χ2v) is 5.39. The van der Waals surface area contributed by atoms with Gasteiger partial charge in [0.05, 0.1) is 6.10 Å². The highest BCUT2D eigenvalue weighted by Crippen LogP contribution is 2.40. The Hall–Kier alpha value is -0.120. The van der Waals surface area contributed by atoms with Gasteiger partial charge < -0.3 is 15.4 Å². The van der Waals surface area contributed by atoms with Crippen LogP contribution in [0.15, 0.2) is 0 Å². The molecule has 0 spiro atoms. The molecule has 0 radical (unpaired) electrons. The van der Waals surface area contributed by atoms with Gasteiger partial charge in [0.25, 0.3) is 0 Å². The average Bonchev–Trinajstić information content (AvgIpc) is 2.64. The van der Waals surface area contributed by atoms with Crippen LogP contribution in [0.3, 0.4) is 0 Å². The van der Waals surface area contributed by atoms with Gasteiger partial charge in [0, 0.05) is 19.7 Å². The fourth-order valence-corrected chi connectivity index (χ4v) is 2.88. The minimum atomic E-state index is 0.438. The van der Waals surface area contributed by atoms with Gasteiger partial charge in [0.1, 0.15) is 0 Å². The van der Waals surface area contributed by atoms with Crippen LogP contribution in [0.25, 0.3) is 0 Å². The van der Waals surface area contributed by atoms with Crippen LogP contribution in [-0.2, 0) is 4.74 Å². The van der Waals surface area contributed by atoms with Crippen LogP contribution in [-0.4, -0.2) is 44.3 Å². The molecule has 2 fully saturated rings. The van der Waals surface area contributed by atoms with E-state index >= 15 is 0 Å². The molecule has 1 saturated carbocycles. The molecule has 2 N–H and O–H groups in total. The van der Waals surface area contributed by atoms with Crippen LogP contribution >= 0.6 is 0 Å². The topological polar surface area (TPSA) is 38.5 Å². The molecule has 2 aliphatic rings. The number of nitrogens with two attached hydrogens (primary N) is 1. The molecule has 1 atom stereocenters. The number of likely N-dealkylation sites (N-methyl/N-ethyl adjacent to an activating group) is 1. The van der Waals surface area contributed by atoms with E-state index in [1.807, 2.05) is 0 Å². The molecule has 0 aromatic carbocycles. The van der Waals surface area contributed by atoms with E-state index in [4.69, 9.17) is 10.5 Å². The van der Waals surface area contributed by atoms with Crippen molar-refractivity contribution in [3.8, 4) is 0 Å². The van der Waals surface area contributed by atoms with Crippen LogP contribution in [0.2, 0.25) is 0 Å². The van der Waals surface area contributed by atoms with Gasteiger partial charge in [-0.15, -0.1) is 0 Å².